The normalized spacial score (nSPS) is 14.2. The molecule has 0 bridgehead atoms. The van der Waals surface area contributed by atoms with Gasteiger partial charge in [-0.1, -0.05) is 30.3 Å². The Hall–Kier alpha value is -2.91. The van der Waals surface area contributed by atoms with E-state index in [0.717, 1.165) is 16.0 Å². The van der Waals surface area contributed by atoms with Gasteiger partial charge in [0.15, 0.2) is 0 Å². The Morgan fingerprint density at radius 1 is 1.09 bits per heavy atom. The molecule has 2 heterocycles. The van der Waals surface area contributed by atoms with Gasteiger partial charge >= 0.3 is 12.0 Å². The number of benzene rings is 1. The number of anilines is 1. The highest BCUT2D eigenvalue weighted by Gasteiger charge is 2.26. The van der Waals surface area contributed by atoms with Gasteiger partial charge in [-0.05, 0) is 25.0 Å². The summed E-state index contributed by atoms with van der Waals surface area (Å²) in [6.45, 7) is 6.50. The van der Waals surface area contributed by atoms with Crippen molar-refractivity contribution in [3.8, 4) is 10.4 Å². The number of carbonyl (C=O) groups excluding carboxylic acids is 3. The largest absolute Gasteiger partial charge is 0.462 e. The van der Waals surface area contributed by atoms with Crippen molar-refractivity contribution in [2.75, 3.05) is 58.7 Å². The smallest absolute Gasteiger partial charge is 0.341 e. The summed E-state index contributed by atoms with van der Waals surface area (Å²) in [6.07, 6.45) is 0. The number of nitrogens with zero attached hydrogens (tertiary/aromatic N) is 3. The minimum Gasteiger partial charge on any atom is -0.462 e. The summed E-state index contributed by atoms with van der Waals surface area (Å²) in [5.74, 6) is -0.627. The Balaban J connectivity index is 1.71. The fourth-order valence-corrected chi connectivity index (χ4v) is 4.88. The zero-order valence-corrected chi connectivity index (χ0v) is 19.8. The van der Waals surface area contributed by atoms with E-state index in [4.69, 9.17) is 4.74 Å². The molecule has 0 atom stereocenters. The Labute approximate surface area is 192 Å². The first-order chi connectivity index (χ1) is 15.3. The van der Waals surface area contributed by atoms with E-state index in [2.05, 4.69) is 5.32 Å². The number of nitrogens with one attached hydrogen (secondary N) is 1. The molecule has 0 saturated carbocycles. The molecule has 9 heteroatoms. The van der Waals surface area contributed by atoms with Gasteiger partial charge in [0, 0.05) is 45.2 Å². The van der Waals surface area contributed by atoms with Crippen LogP contribution < -0.4 is 5.32 Å². The lowest BCUT2D eigenvalue weighted by Gasteiger charge is -2.35. The lowest BCUT2D eigenvalue weighted by molar-refractivity contribution is -0.117. The number of esters is 1. The van der Waals surface area contributed by atoms with Crippen molar-refractivity contribution in [1.82, 2.24) is 14.7 Å². The number of hydrogen-bond donors (Lipinski definition) is 1. The molecule has 1 aromatic heterocycles. The molecule has 32 heavy (non-hydrogen) atoms. The summed E-state index contributed by atoms with van der Waals surface area (Å²) in [5.41, 5.74) is 2.19. The number of ether oxygens (including phenoxy) is 1. The standard InChI is InChI=1S/C23H30N4O4S/c1-5-31-22(29)19-16(2)20(17-9-7-6-8-10-17)32-21(19)24-18(28)15-26-11-13-27(14-12-26)23(30)25(3)4/h6-10H,5,11-15H2,1-4H3,(H,24,28). The third kappa shape index (κ3) is 5.46. The highest BCUT2D eigenvalue weighted by Crippen LogP contribution is 2.40. The maximum absolute atomic E-state index is 12.8. The van der Waals surface area contributed by atoms with Gasteiger partial charge in [-0.2, -0.15) is 0 Å². The second-order valence-corrected chi connectivity index (χ2v) is 8.86. The van der Waals surface area contributed by atoms with Gasteiger partial charge < -0.3 is 19.9 Å². The number of rotatable bonds is 6. The summed E-state index contributed by atoms with van der Waals surface area (Å²) >= 11 is 1.38. The molecular formula is C23H30N4O4S. The third-order valence-corrected chi connectivity index (χ3v) is 6.56. The van der Waals surface area contributed by atoms with Crippen LogP contribution in [-0.4, -0.2) is 86.0 Å². The Kier molecular flexibility index (Phi) is 7.87. The monoisotopic (exact) mass is 458 g/mol. The van der Waals surface area contributed by atoms with E-state index in [1.165, 1.54) is 11.3 Å². The maximum atomic E-state index is 12.8. The van der Waals surface area contributed by atoms with Crippen LogP contribution in [0.3, 0.4) is 0 Å². The number of piperazine rings is 1. The van der Waals surface area contributed by atoms with Gasteiger partial charge in [0.05, 0.1) is 18.7 Å². The van der Waals surface area contributed by atoms with Gasteiger partial charge in [-0.3, -0.25) is 9.69 Å². The number of amides is 3. The molecule has 0 spiro atoms. The van der Waals surface area contributed by atoms with Crippen LogP contribution in [0.25, 0.3) is 10.4 Å². The van der Waals surface area contributed by atoms with Crippen molar-refractivity contribution < 1.29 is 19.1 Å². The second-order valence-electron chi connectivity index (χ2n) is 7.84. The van der Waals surface area contributed by atoms with Crippen LogP contribution in [0.5, 0.6) is 0 Å². The van der Waals surface area contributed by atoms with Crippen LogP contribution >= 0.6 is 11.3 Å². The number of carbonyl (C=O) groups is 3. The highest BCUT2D eigenvalue weighted by atomic mass is 32.1. The van der Waals surface area contributed by atoms with E-state index < -0.39 is 5.97 Å². The first kappa shape index (κ1) is 23.7. The number of thiophene rings is 1. The molecule has 1 aromatic carbocycles. The lowest BCUT2D eigenvalue weighted by atomic mass is 10.1. The predicted molar refractivity (Wildman–Crippen MR) is 126 cm³/mol. The van der Waals surface area contributed by atoms with E-state index >= 15 is 0 Å². The quantitative estimate of drug-likeness (QED) is 0.673. The van der Waals surface area contributed by atoms with Crippen LogP contribution in [0, 0.1) is 6.92 Å². The summed E-state index contributed by atoms with van der Waals surface area (Å²) in [5, 5.41) is 3.43. The van der Waals surface area contributed by atoms with Crippen molar-refractivity contribution >= 4 is 34.2 Å². The molecule has 3 rings (SSSR count). The Bertz CT molecular complexity index is 966. The summed E-state index contributed by atoms with van der Waals surface area (Å²) in [6, 6.07) is 9.76. The van der Waals surface area contributed by atoms with Gasteiger partial charge in [-0.15, -0.1) is 11.3 Å². The molecule has 0 radical (unpaired) electrons. The van der Waals surface area contributed by atoms with E-state index in [1.807, 2.05) is 42.2 Å². The highest BCUT2D eigenvalue weighted by molar-refractivity contribution is 7.20. The average Bonchev–Trinajstić information content (AvgIpc) is 3.10. The van der Waals surface area contributed by atoms with Crippen molar-refractivity contribution in [3.63, 3.8) is 0 Å². The fraction of sp³-hybridized carbons (Fsp3) is 0.435. The van der Waals surface area contributed by atoms with E-state index in [0.29, 0.717) is 36.7 Å². The Morgan fingerprint density at radius 3 is 2.34 bits per heavy atom. The number of urea groups is 1. The molecule has 0 aliphatic carbocycles. The summed E-state index contributed by atoms with van der Waals surface area (Å²) in [4.78, 5) is 43.8. The molecule has 3 amide bonds. The van der Waals surface area contributed by atoms with Gasteiger partial charge in [0.25, 0.3) is 0 Å². The van der Waals surface area contributed by atoms with Crippen LogP contribution in [-0.2, 0) is 9.53 Å². The first-order valence-electron chi connectivity index (χ1n) is 10.7. The average molecular weight is 459 g/mol. The molecule has 1 aliphatic rings. The third-order valence-electron chi connectivity index (χ3n) is 5.31. The summed E-state index contributed by atoms with van der Waals surface area (Å²) < 4.78 is 5.25. The molecule has 8 nitrogen and oxygen atoms in total. The number of hydrogen-bond acceptors (Lipinski definition) is 6. The molecule has 1 saturated heterocycles. The minimum atomic E-state index is -0.436. The van der Waals surface area contributed by atoms with E-state index in [9.17, 15) is 14.4 Å². The molecule has 2 aromatic rings. The molecule has 0 unspecified atom stereocenters. The maximum Gasteiger partial charge on any atom is 0.341 e. The zero-order valence-electron chi connectivity index (χ0n) is 19.0. The van der Waals surface area contributed by atoms with Gasteiger partial charge in [-0.25, -0.2) is 9.59 Å². The predicted octanol–water partition coefficient (Wildman–Crippen LogP) is 3.14. The van der Waals surface area contributed by atoms with Crippen LogP contribution in [0.15, 0.2) is 30.3 Å². The Morgan fingerprint density at radius 2 is 1.75 bits per heavy atom. The summed E-state index contributed by atoms with van der Waals surface area (Å²) in [7, 11) is 3.46. The van der Waals surface area contributed by atoms with Crippen LogP contribution in [0.1, 0.15) is 22.8 Å². The van der Waals surface area contributed by atoms with E-state index in [-0.39, 0.29) is 25.1 Å². The minimum absolute atomic E-state index is 0.0179. The van der Waals surface area contributed by atoms with Crippen LogP contribution in [0.4, 0.5) is 9.80 Å². The molecule has 172 valence electrons. The molecule has 1 N–H and O–H groups in total. The molecule has 1 aliphatic heterocycles. The molecule has 1 fully saturated rings. The van der Waals surface area contributed by atoms with Crippen molar-refractivity contribution in [2.45, 2.75) is 13.8 Å². The van der Waals surface area contributed by atoms with E-state index in [1.54, 1.807) is 30.8 Å². The van der Waals surface area contributed by atoms with Crippen molar-refractivity contribution in [3.05, 3.63) is 41.5 Å². The van der Waals surface area contributed by atoms with Crippen LogP contribution in [0.2, 0.25) is 0 Å². The lowest BCUT2D eigenvalue weighted by Crippen LogP contribution is -2.52. The van der Waals surface area contributed by atoms with Gasteiger partial charge in [0.2, 0.25) is 5.91 Å². The first-order valence-corrected chi connectivity index (χ1v) is 11.5. The SMILES string of the molecule is CCOC(=O)c1c(NC(=O)CN2CCN(C(=O)N(C)C)CC2)sc(-c2ccccc2)c1C. The van der Waals surface area contributed by atoms with Crippen molar-refractivity contribution in [1.29, 1.82) is 0 Å². The van der Waals surface area contributed by atoms with Gasteiger partial charge in [0.1, 0.15) is 5.00 Å². The topological polar surface area (TPSA) is 82.2 Å². The zero-order chi connectivity index (χ0) is 23.3. The fourth-order valence-electron chi connectivity index (χ4n) is 3.66. The molecular weight excluding hydrogens is 428 g/mol. The van der Waals surface area contributed by atoms with Crippen molar-refractivity contribution in [2.24, 2.45) is 0 Å². The second kappa shape index (κ2) is 10.6.